The Morgan fingerprint density at radius 3 is 2.50 bits per heavy atom. The summed E-state index contributed by atoms with van der Waals surface area (Å²) in [4.78, 5) is 23.5. The van der Waals surface area contributed by atoms with Gasteiger partial charge in [0.05, 0.1) is 18.0 Å². The summed E-state index contributed by atoms with van der Waals surface area (Å²) in [5.41, 5.74) is -0.00125. The third kappa shape index (κ3) is 4.23. The van der Waals surface area contributed by atoms with Crippen LogP contribution < -0.4 is 10.2 Å². The van der Waals surface area contributed by atoms with Crippen molar-refractivity contribution >= 4 is 46.4 Å². The van der Waals surface area contributed by atoms with Gasteiger partial charge in [0.15, 0.2) is 0 Å². The van der Waals surface area contributed by atoms with E-state index in [1.165, 1.54) is 24.3 Å². The Morgan fingerprint density at radius 1 is 1.32 bits per heavy atom. The quantitative estimate of drug-likeness (QED) is 0.483. The van der Waals surface area contributed by atoms with E-state index in [2.05, 4.69) is 5.32 Å². The predicted octanol–water partition coefficient (Wildman–Crippen LogP) is 1.70. The van der Waals surface area contributed by atoms with Gasteiger partial charge in [-0.3, -0.25) is 20.2 Å². The molecule has 1 aliphatic heterocycles. The van der Waals surface area contributed by atoms with Crippen molar-refractivity contribution < 1.29 is 14.6 Å². The minimum Gasteiger partial charge on any atom is -0.312 e. The lowest BCUT2D eigenvalue weighted by Gasteiger charge is -2.30. The summed E-state index contributed by atoms with van der Waals surface area (Å²) in [6, 6.07) is 5.44. The summed E-state index contributed by atoms with van der Waals surface area (Å²) in [6.07, 6.45) is 1.30. The summed E-state index contributed by atoms with van der Waals surface area (Å²) in [5, 5.41) is 13.5. The van der Waals surface area contributed by atoms with E-state index in [1.807, 2.05) is 0 Å². The zero-order chi connectivity index (χ0) is 16.3. The first kappa shape index (κ1) is 17.3. The van der Waals surface area contributed by atoms with Crippen LogP contribution in [-0.2, 0) is 0 Å². The van der Waals surface area contributed by atoms with Crippen LogP contribution in [0.3, 0.4) is 0 Å². The Bertz CT molecular complexity index is 571. The number of halogens is 3. The summed E-state index contributed by atoms with van der Waals surface area (Å²) in [6.45, 7) is 1.60. The number of amides is 1. The SMILES string of the molecule is O=C(N[C@H]([NH+]1CCCC1)C(Cl)(Cl)Cl)c1cccc([N+](=O)[O-])c1. The van der Waals surface area contributed by atoms with Crippen molar-refractivity contribution in [1.29, 1.82) is 0 Å². The van der Waals surface area contributed by atoms with E-state index >= 15 is 0 Å². The molecule has 2 rings (SSSR count). The molecule has 0 aliphatic carbocycles. The molecule has 0 radical (unpaired) electrons. The van der Waals surface area contributed by atoms with Gasteiger partial charge in [-0.05, 0) is 6.07 Å². The second kappa shape index (κ2) is 7.00. The number of nitro groups is 1. The Morgan fingerprint density at radius 2 is 1.95 bits per heavy atom. The lowest BCUT2D eigenvalue weighted by atomic mass is 10.2. The average Bonchev–Trinajstić information content (AvgIpc) is 2.97. The van der Waals surface area contributed by atoms with E-state index in [-0.39, 0.29) is 11.3 Å². The van der Waals surface area contributed by atoms with E-state index in [1.54, 1.807) is 0 Å². The topological polar surface area (TPSA) is 76.7 Å². The predicted molar refractivity (Wildman–Crippen MR) is 84.6 cm³/mol. The lowest BCUT2D eigenvalue weighted by molar-refractivity contribution is -0.915. The van der Waals surface area contributed by atoms with Crippen LogP contribution in [-0.4, -0.2) is 33.9 Å². The number of quaternary nitrogens is 1. The number of alkyl halides is 3. The van der Waals surface area contributed by atoms with Gasteiger partial charge in [-0.2, -0.15) is 0 Å². The van der Waals surface area contributed by atoms with Crippen LogP contribution in [0.1, 0.15) is 23.2 Å². The normalized spacial score (nSPS) is 17.2. The minimum absolute atomic E-state index is 0.159. The molecule has 1 fully saturated rings. The fourth-order valence-electron chi connectivity index (χ4n) is 2.51. The Balaban J connectivity index is 2.17. The highest BCUT2D eigenvalue weighted by molar-refractivity contribution is 6.68. The van der Waals surface area contributed by atoms with Crippen LogP contribution in [0.25, 0.3) is 0 Å². The van der Waals surface area contributed by atoms with Gasteiger partial charge < -0.3 is 4.90 Å². The number of likely N-dealkylation sites (tertiary alicyclic amines) is 1. The monoisotopic (exact) mass is 366 g/mol. The molecule has 1 aromatic carbocycles. The molecule has 0 unspecified atom stereocenters. The highest BCUT2D eigenvalue weighted by Crippen LogP contribution is 2.28. The number of rotatable bonds is 4. The molecule has 6 nitrogen and oxygen atoms in total. The van der Waals surface area contributed by atoms with Crippen LogP contribution in [0.15, 0.2) is 24.3 Å². The number of carbonyl (C=O) groups is 1. The summed E-state index contributed by atoms with van der Waals surface area (Å²) in [5.74, 6) is -0.501. The molecule has 22 heavy (non-hydrogen) atoms. The molecule has 1 atom stereocenters. The molecule has 0 bridgehead atoms. The Hall–Kier alpha value is -1.08. The van der Waals surface area contributed by atoms with Gasteiger partial charge >= 0.3 is 0 Å². The van der Waals surface area contributed by atoms with Gasteiger partial charge in [0, 0.05) is 30.5 Å². The molecule has 0 aromatic heterocycles. The maximum absolute atomic E-state index is 12.3. The summed E-state index contributed by atoms with van der Waals surface area (Å²) < 4.78 is -1.66. The number of nitrogens with one attached hydrogen (secondary N) is 2. The highest BCUT2D eigenvalue weighted by atomic mass is 35.6. The number of carbonyl (C=O) groups excluding carboxylic acids is 1. The van der Waals surface area contributed by atoms with Crippen molar-refractivity contribution in [1.82, 2.24) is 5.32 Å². The van der Waals surface area contributed by atoms with Crippen molar-refractivity contribution in [2.45, 2.75) is 22.8 Å². The maximum Gasteiger partial charge on any atom is 0.270 e. The number of hydrogen-bond donors (Lipinski definition) is 2. The zero-order valence-electron chi connectivity index (χ0n) is 11.5. The summed E-state index contributed by atoms with van der Waals surface area (Å²) >= 11 is 17.9. The van der Waals surface area contributed by atoms with Crippen LogP contribution >= 0.6 is 34.8 Å². The number of hydrogen-bond acceptors (Lipinski definition) is 3. The van der Waals surface area contributed by atoms with E-state index in [4.69, 9.17) is 34.8 Å². The fourth-order valence-corrected chi connectivity index (χ4v) is 3.13. The molecule has 0 saturated carbocycles. The number of nitro benzene ring substituents is 1. The number of nitrogens with zero attached hydrogens (tertiary/aromatic N) is 1. The van der Waals surface area contributed by atoms with E-state index in [9.17, 15) is 14.9 Å². The average molecular weight is 368 g/mol. The molecule has 2 N–H and O–H groups in total. The molecule has 1 amide bonds. The van der Waals surface area contributed by atoms with Crippen molar-refractivity contribution in [2.75, 3.05) is 13.1 Å². The molecule has 9 heteroatoms. The fraction of sp³-hybridized carbons (Fsp3) is 0.462. The smallest absolute Gasteiger partial charge is 0.270 e. The maximum atomic E-state index is 12.3. The van der Waals surface area contributed by atoms with Crippen molar-refractivity contribution in [3.63, 3.8) is 0 Å². The van der Waals surface area contributed by atoms with Gasteiger partial charge in [0.2, 0.25) is 6.17 Å². The third-order valence-corrected chi connectivity index (χ3v) is 4.23. The van der Waals surface area contributed by atoms with Gasteiger partial charge in [-0.1, -0.05) is 40.9 Å². The molecule has 120 valence electrons. The zero-order valence-corrected chi connectivity index (χ0v) is 13.8. The second-order valence-corrected chi connectivity index (χ2v) is 7.49. The van der Waals surface area contributed by atoms with Crippen molar-refractivity contribution in [3.05, 3.63) is 39.9 Å². The molecular weight excluding hydrogens is 353 g/mol. The molecule has 1 aromatic rings. The highest BCUT2D eigenvalue weighted by Gasteiger charge is 2.43. The largest absolute Gasteiger partial charge is 0.312 e. The Kier molecular flexibility index (Phi) is 5.50. The van der Waals surface area contributed by atoms with Crippen LogP contribution in [0.4, 0.5) is 5.69 Å². The Labute approximate surface area is 142 Å². The van der Waals surface area contributed by atoms with Crippen LogP contribution in [0.2, 0.25) is 0 Å². The standard InChI is InChI=1S/C13H14Cl3N3O3/c14-13(15,16)12(18-6-1-2-7-18)17-11(20)9-4-3-5-10(8-9)19(21)22/h3-5,8,12H,1-2,6-7H2,(H,17,20)/p+1/t12-/m1/s1. The molecular formula is C13H15Cl3N3O3+. The van der Waals surface area contributed by atoms with Crippen molar-refractivity contribution in [2.24, 2.45) is 0 Å². The van der Waals surface area contributed by atoms with E-state index < -0.39 is 20.8 Å². The molecule has 1 heterocycles. The first-order chi connectivity index (χ1) is 10.3. The third-order valence-electron chi connectivity index (χ3n) is 3.58. The van der Waals surface area contributed by atoms with Crippen LogP contribution in [0.5, 0.6) is 0 Å². The lowest BCUT2D eigenvalue weighted by Crippen LogP contribution is -3.17. The van der Waals surface area contributed by atoms with Gasteiger partial charge in [0.1, 0.15) is 0 Å². The van der Waals surface area contributed by atoms with Gasteiger partial charge in [-0.15, -0.1) is 0 Å². The van der Waals surface area contributed by atoms with Gasteiger partial charge in [0.25, 0.3) is 15.4 Å². The number of benzene rings is 1. The molecule has 0 spiro atoms. The summed E-state index contributed by atoms with van der Waals surface area (Å²) in [7, 11) is 0. The first-order valence-corrected chi connectivity index (χ1v) is 7.89. The van der Waals surface area contributed by atoms with Gasteiger partial charge in [-0.25, -0.2) is 0 Å². The first-order valence-electron chi connectivity index (χ1n) is 6.75. The van der Waals surface area contributed by atoms with E-state index in [0.29, 0.717) is 0 Å². The van der Waals surface area contributed by atoms with E-state index in [0.717, 1.165) is 30.8 Å². The second-order valence-electron chi connectivity index (χ2n) is 5.12. The van der Waals surface area contributed by atoms with Crippen molar-refractivity contribution in [3.8, 4) is 0 Å². The van der Waals surface area contributed by atoms with Crippen LogP contribution in [0, 0.1) is 10.1 Å². The molecule has 1 saturated heterocycles. The minimum atomic E-state index is -1.66. The number of non-ortho nitro benzene ring substituents is 1. The molecule has 1 aliphatic rings.